The SMILES string of the molecule is CN=C(C)/C(CCOc1c(-c2ccc3ncc(CNC)n3c2)ccc(F)c1F)=C(\N)C(C)(C)S. The standard InChI is InChI=1S/C25H31F2N5OS/c1-15(30-5)18(24(28)25(2,3)34)10-11-33-23-19(7-8-20(26)22(23)27)16-6-9-21-31-13-17(12-29-4)32(21)14-16/h6-9,13-14,29,34H,10-12,28H2,1-5H3/b24-18-,30-15?. The topological polar surface area (TPSA) is 76.9 Å². The summed E-state index contributed by atoms with van der Waals surface area (Å²) >= 11 is 4.56. The number of nitrogens with one attached hydrogen (secondary N) is 1. The van der Waals surface area contributed by atoms with E-state index in [-0.39, 0.29) is 12.4 Å². The van der Waals surface area contributed by atoms with Crippen molar-refractivity contribution in [3.63, 3.8) is 0 Å². The van der Waals surface area contributed by atoms with Crippen LogP contribution in [0.15, 0.2) is 52.9 Å². The molecule has 0 saturated carbocycles. The third-order valence-electron chi connectivity index (χ3n) is 5.66. The fourth-order valence-corrected chi connectivity index (χ4v) is 3.81. The molecule has 0 radical (unpaired) electrons. The van der Waals surface area contributed by atoms with Crippen molar-refractivity contribution in [1.82, 2.24) is 14.7 Å². The van der Waals surface area contributed by atoms with E-state index in [2.05, 4.69) is 27.9 Å². The number of aliphatic imine (C=N–C) groups is 1. The van der Waals surface area contributed by atoms with Crippen molar-refractivity contribution in [1.29, 1.82) is 0 Å². The molecule has 0 atom stereocenters. The van der Waals surface area contributed by atoms with E-state index in [1.807, 2.05) is 50.5 Å². The van der Waals surface area contributed by atoms with Crippen molar-refractivity contribution in [2.75, 3.05) is 20.7 Å². The molecule has 9 heteroatoms. The maximum absolute atomic E-state index is 14.9. The normalized spacial score (nSPS) is 13.4. The second-order valence-corrected chi connectivity index (χ2v) is 9.64. The van der Waals surface area contributed by atoms with Crippen LogP contribution in [0.2, 0.25) is 0 Å². The minimum atomic E-state index is -1.03. The molecule has 0 saturated heterocycles. The van der Waals surface area contributed by atoms with Gasteiger partial charge in [0.1, 0.15) is 5.65 Å². The maximum atomic E-state index is 14.9. The van der Waals surface area contributed by atoms with Crippen LogP contribution in [-0.2, 0) is 6.54 Å². The molecule has 0 fully saturated rings. The molecule has 0 aliphatic rings. The summed E-state index contributed by atoms with van der Waals surface area (Å²) in [5.41, 5.74) is 11.2. The molecule has 34 heavy (non-hydrogen) atoms. The van der Waals surface area contributed by atoms with Crippen LogP contribution < -0.4 is 15.8 Å². The Morgan fingerprint density at radius 2 is 2.00 bits per heavy atom. The number of benzene rings is 1. The van der Waals surface area contributed by atoms with E-state index < -0.39 is 16.4 Å². The Hall–Kier alpha value is -2.91. The molecule has 3 N–H and O–H groups in total. The number of nitrogens with two attached hydrogens (primary N) is 1. The van der Waals surface area contributed by atoms with Gasteiger partial charge in [-0.1, -0.05) is 0 Å². The van der Waals surface area contributed by atoms with Crippen molar-refractivity contribution in [2.24, 2.45) is 10.7 Å². The number of fused-ring (bicyclic) bond motifs is 1. The zero-order valence-corrected chi connectivity index (χ0v) is 21.0. The zero-order valence-electron chi connectivity index (χ0n) is 20.1. The Morgan fingerprint density at radius 1 is 1.26 bits per heavy atom. The second kappa shape index (κ2) is 10.6. The Kier molecular flexibility index (Phi) is 7.99. The fraction of sp³-hybridized carbons (Fsp3) is 0.360. The number of thiol groups is 1. The first-order valence-corrected chi connectivity index (χ1v) is 11.4. The molecule has 182 valence electrons. The Balaban J connectivity index is 1.97. The Labute approximate surface area is 204 Å². The number of imidazole rings is 1. The highest BCUT2D eigenvalue weighted by Gasteiger charge is 2.22. The van der Waals surface area contributed by atoms with Gasteiger partial charge >= 0.3 is 0 Å². The van der Waals surface area contributed by atoms with Crippen molar-refractivity contribution >= 4 is 24.0 Å². The first-order valence-electron chi connectivity index (χ1n) is 11.0. The summed E-state index contributed by atoms with van der Waals surface area (Å²) < 4.78 is 36.2. The molecule has 2 aromatic heterocycles. The van der Waals surface area contributed by atoms with E-state index >= 15 is 0 Å². The highest BCUT2D eigenvalue weighted by atomic mass is 32.1. The molecule has 0 unspecified atom stereocenters. The van der Waals surface area contributed by atoms with Gasteiger partial charge in [0.05, 0.1) is 18.5 Å². The van der Waals surface area contributed by atoms with Crippen LogP contribution in [0.1, 0.15) is 32.9 Å². The van der Waals surface area contributed by atoms with Crippen LogP contribution >= 0.6 is 12.6 Å². The monoisotopic (exact) mass is 487 g/mol. The fourth-order valence-electron chi connectivity index (χ4n) is 3.67. The summed E-state index contributed by atoms with van der Waals surface area (Å²) in [4.78, 5) is 8.61. The number of halogens is 2. The largest absolute Gasteiger partial charge is 0.489 e. The molecular weight excluding hydrogens is 456 g/mol. The van der Waals surface area contributed by atoms with Crippen LogP contribution in [-0.4, -0.2) is 40.5 Å². The smallest absolute Gasteiger partial charge is 0.201 e. The number of pyridine rings is 1. The number of nitrogens with zero attached hydrogens (tertiary/aromatic N) is 3. The molecule has 0 aliphatic carbocycles. The van der Waals surface area contributed by atoms with Crippen molar-refractivity contribution in [3.8, 4) is 16.9 Å². The summed E-state index contributed by atoms with van der Waals surface area (Å²) in [6.45, 7) is 6.31. The average Bonchev–Trinajstić information content (AvgIpc) is 3.20. The van der Waals surface area contributed by atoms with Crippen LogP contribution in [0.4, 0.5) is 8.78 Å². The number of ether oxygens (including phenoxy) is 1. The minimum absolute atomic E-state index is 0.0818. The predicted molar refractivity (Wildman–Crippen MR) is 137 cm³/mol. The predicted octanol–water partition coefficient (Wildman–Crippen LogP) is 4.78. The van der Waals surface area contributed by atoms with Gasteiger partial charge in [0, 0.05) is 53.5 Å². The van der Waals surface area contributed by atoms with Gasteiger partial charge in [0.2, 0.25) is 5.82 Å². The number of hydrogen-bond donors (Lipinski definition) is 3. The van der Waals surface area contributed by atoms with Gasteiger partial charge in [-0.15, -0.1) is 0 Å². The van der Waals surface area contributed by atoms with Gasteiger partial charge in [0.15, 0.2) is 11.6 Å². The van der Waals surface area contributed by atoms with Gasteiger partial charge in [-0.3, -0.25) is 4.99 Å². The summed E-state index contributed by atoms with van der Waals surface area (Å²) in [6.07, 6.45) is 3.98. The zero-order chi connectivity index (χ0) is 25.0. The lowest BCUT2D eigenvalue weighted by atomic mass is 9.98. The van der Waals surface area contributed by atoms with Crippen molar-refractivity contribution in [2.45, 2.75) is 38.5 Å². The van der Waals surface area contributed by atoms with Crippen LogP contribution in [0.3, 0.4) is 0 Å². The summed E-state index contributed by atoms with van der Waals surface area (Å²) in [5, 5.41) is 3.10. The van der Waals surface area contributed by atoms with Gasteiger partial charge < -0.3 is 20.2 Å². The van der Waals surface area contributed by atoms with Crippen LogP contribution in [0.5, 0.6) is 5.75 Å². The van der Waals surface area contributed by atoms with Crippen molar-refractivity contribution in [3.05, 3.63) is 65.3 Å². The molecule has 0 bridgehead atoms. The summed E-state index contributed by atoms with van der Waals surface area (Å²) in [7, 11) is 3.52. The quantitative estimate of drug-likeness (QED) is 0.300. The van der Waals surface area contributed by atoms with E-state index in [0.29, 0.717) is 29.8 Å². The lowest BCUT2D eigenvalue weighted by Crippen LogP contribution is -2.26. The molecule has 3 rings (SSSR count). The number of aromatic nitrogens is 2. The third kappa shape index (κ3) is 5.42. The van der Waals surface area contributed by atoms with E-state index in [1.165, 1.54) is 6.07 Å². The maximum Gasteiger partial charge on any atom is 0.201 e. The summed E-state index contributed by atoms with van der Waals surface area (Å²) in [5.74, 6) is -2.16. The van der Waals surface area contributed by atoms with Gasteiger partial charge in [-0.05, 0) is 57.7 Å². The van der Waals surface area contributed by atoms with Gasteiger partial charge in [-0.25, -0.2) is 9.37 Å². The van der Waals surface area contributed by atoms with Crippen molar-refractivity contribution < 1.29 is 13.5 Å². The molecule has 3 aromatic rings. The first kappa shape index (κ1) is 25.7. The highest BCUT2D eigenvalue weighted by molar-refractivity contribution is 7.82. The number of rotatable bonds is 9. The van der Waals surface area contributed by atoms with E-state index in [1.54, 1.807) is 13.2 Å². The minimum Gasteiger partial charge on any atom is -0.489 e. The van der Waals surface area contributed by atoms with E-state index in [4.69, 9.17) is 10.5 Å². The highest BCUT2D eigenvalue weighted by Crippen LogP contribution is 2.35. The first-order chi connectivity index (χ1) is 16.1. The lowest BCUT2D eigenvalue weighted by molar-refractivity contribution is 0.301. The molecule has 6 nitrogen and oxygen atoms in total. The van der Waals surface area contributed by atoms with Gasteiger partial charge in [0.25, 0.3) is 0 Å². The van der Waals surface area contributed by atoms with Crippen LogP contribution in [0, 0.1) is 11.6 Å². The lowest BCUT2D eigenvalue weighted by Gasteiger charge is -2.23. The Morgan fingerprint density at radius 3 is 2.65 bits per heavy atom. The summed E-state index contributed by atoms with van der Waals surface area (Å²) in [6, 6.07) is 6.26. The van der Waals surface area contributed by atoms with Crippen LogP contribution in [0.25, 0.3) is 16.8 Å². The second-order valence-electron chi connectivity index (χ2n) is 8.52. The molecule has 0 spiro atoms. The molecule has 2 heterocycles. The average molecular weight is 488 g/mol. The molecular formula is C25H31F2N5OS. The van der Waals surface area contributed by atoms with Gasteiger partial charge in [-0.2, -0.15) is 17.0 Å². The molecule has 0 amide bonds. The van der Waals surface area contributed by atoms with E-state index in [9.17, 15) is 8.78 Å². The molecule has 0 aliphatic heterocycles. The van der Waals surface area contributed by atoms with E-state index in [0.717, 1.165) is 28.7 Å². The third-order valence-corrected chi connectivity index (χ3v) is 5.90. The molecule has 1 aromatic carbocycles. The number of hydrogen-bond acceptors (Lipinski definition) is 6. The Bertz CT molecular complexity index is 1240.